The van der Waals surface area contributed by atoms with Crippen molar-refractivity contribution < 1.29 is 14.6 Å². The number of nitrogens with zero attached hydrogens (tertiary/aromatic N) is 3. The number of rotatable bonds is 7. The summed E-state index contributed by atoms with van der Waals surface area (Å²) in [6.07, 6.45) is 7.01. The van der Waals surface area contributed by atoms with Gasteiger partial charge >= 0.3 is 0 Å². The van der Waals surface area contributed by atoms with E-state index < -0.39 is 0 Å². The fourth-order valence-electron chi connectivity index (χ4n) is 5.24. The Balaban J connectivity index is 1.64. The van der Waals surface area contributed by atoms with Gasteiger partial charge in [-0.2, -0.15) is 0 Å². The standard InChI is InChI=1S/C28H39N3O3/c1-19-9-11-23(12-10-19)24-13-25-27(29-14-24)34-26(17-30(4)16-22-7-5-6-8-22)20(2)15-31(28(25)33)21(3)18-32/h9-14,20-22,26,32H,5-8,15-18H2,1-4H3/t20-,21+,26-/m0/s1. The molecule has 0 saturated heterocycles. The largest absolute Gasteiger partial charge is 0.472 e. The van der Waals surface area contributed by atoms with Gasteiger partial charge in [0.2, 0.25) is 5.88 Å². The normalized spacial score (nSPS) is 22.3. The molecule has 1 aromatic heterocycles. The lowest BCUT2D eigenvalue weighted by molar-refractivity contribution is 0.0320. The van der Waals surface area contributed by atoms with E-state index >= 15 is 0 Å². The number of aryl methyl sites for hydroxylation is 1. The van der Waals surface area contributed by atoms with Crippen molar-refractivity contribution in [1.82, 2.24) is 14.8 Å². The molecule has 1 aliphatic heterocycles. The van der Waals surface area contributed by atoms with E-state index in [2.05, 4.69) is 42.9 Å². The third-order valence-electron chi connectivity index (χ3n) is 7.44. The highest BCUT2D eigenvalue weighted by atomic mass is 16.5. The lowest BCUT2D eigenvalue weighted by Gasteiger charge is -2.38. The summed E-state index contributed by atoms with van der Waals surface area (Å²) in [5.41, 5.74) is 3.55. The number of pyridine rings is 1. The van der Waals surface area contributed by atoms with Crippen molar-refractivity contribution in [2.24, 2.45) is 11.8 Å². The first-order valence-electron chi connectivity index (χ1n) is 12.7. The van der Waals surface area contributed by atoms with E-state index in [0.29, 0.717) is 18.0 Å². The number of benzene rings is 1. The molecule has 1 N–H and O–H groups in total. The molecule has 2 heterocycles. The van der Waals surface area contributed by atoms with Gasteiger partial charge in [0, 0.05) is 37.3 Å². The van der Waals surface area contributed by atoms with Crippen LogP contribution in [-0.4, -0.2) is 71.2 Å². The maximum absolute atomic E-state index is 13.6. The number of aliphatic hydroxyl groups is 1. The monoisotopic (exact) mass is 465 g/mol. The predicted octanol–water partition coefficient (Wildman–Crippen LogP) is 4.40. The van der Waals surface area contributed by atoms with Gasteiger partial charge in [-0.1, -0.05) is 49.6 Å². The van der Waals surface area contributed by atoms with Crippen LogP contribution in [-0.2, 0) is 0 Å². The maximum atomic E-state index is 13.6. The number of fused-ring (bicyclic) bond motifs is 1. The van der Waals surface area contributed by atoms with Crippen molar-refractivity contribution in [3.05, 3.63) is 47.7 Å². The van der Waals surface area contributed by atoms with Crippen LogP contribution >= 0.6 is 0 Å². The van der Waals surface area contributed by atoms with E-state index in [0.717, 1.165) is 30.1 Å². The summed E-state index contributed by atoms with van der Waals surface area (Å²) in [7, 11) is 2.17. The first-order chi connectivity index (χ1) is 16.4. The van der Waals surface area contributed by atoms with Crippen molar-refractivity contribution in [1.29, 1.82) is 0 Å². The number of likely N-dealkylation sites (N-methyl/N-ethyl adjacent to an activating group) is 1. The van der Waals surface area contributed by atoms with Crippen LogP contribution < -0.4 is 4.74 Å². The van der Waals surface area contributed by atoms with Gasteiger partial charge in [0.1, 0.15) is 11.7 Å². The smallest absolute Gasteiger partial charge is 0.259 e. The minimum Gasteiger partial charge on any atom is -0.472 e. The van der Waals surface area contributed by atoms with Crippen LogP contribution in [0.5, 0.6) is 5.88 Å². The molecule has 1 aromatic carbocycles. The lowest BCUT2D eigenvalue weighted by Crippen LogP contribution is -2.50. The molecule has 34 heavy (non-hydrogen) atoms. The van der Waals surface area contributed by atoms with Crippen molar-refractivity contribution in [2.75, 3.05) is 33.3 Å². The van der Waals surface area contributed by atoms with Crippen molar-refractivity contribution in [3.63, 3.8) is 0 Å². The van der Waals surface area contributed by atoms with E-state index in [1.54, 1.807) is 11.1 Å². The number of ether oxygens (including phenoxy) is 1. The van der Waals surface area contributed by atoms with Crippen LogP contribution in [0.4, 0.5) is 0 Å². The Morgan fingerprint density at radius 2 is 1.88 bits per heavy atom. The second-order valence-corrected chi connectivity index (χ2v) is 10.4. The number of aromatic nitrogens is 1. The molecule has 1 saturated carbocycles. The second-order valence-electron chi connectivity index (χ2n) is 10.4. The highest BCUT2D eigenvalue weighted by Crippen LogP contribution is 2.31. The van der Waals surface area contributed by atoms with Crippen LogP contribution in [0.3, 0.4) is 0 Å². The molecule has 184 valence electrons. The first-order valence-corrected chi connectivity index (χ1v) is 12.7. The van der Waals surface area contributed by atoms with Crippen molar-refractivity contribution >= 4 is 5.91 Å². The van der Waals surface area contributed by atoms with E-state index in [1.165, 1.54) is 31.2 Å². The van der Waals surface area contributed by atoms with Gasteiger partial charge < -0.3 is 19.6 Å². The van der Waals surface area contributed by atoms with Crippen LogP contribution in [0, 0.1) is 18.8 Å². The van der Waals surface area contributed by atoms with Gasteiger partial charge in [-0.25, -0.2) is 4.98 Å². The number of amides is 1. The molecule has 0 radical (unpaired) electrons. The molecular weight excluding hydrogens is 426 g/mol. The van der Waals surface area contributed by atoms with E-state index in [4.69, 9.17) is 4.74 Å². The minimum atomic E-state index is -0.277. The van der Waals surface area contributed by atoms with Gasteiger partial charge in [0.05, 0.1) is 12.6 Å². The Hall–Kier alpha value is -2.44. The van der Waals surface area contributed by atoms with E-state index in [1.807, 2.05) is 25.1 Å². The third-order valence-corrected chi connectivity index (χ3v) is 7.44. The minimum absolute atomic E-state index is 0.0774. The Morgan fingerprint density at radius 3 is 2.56 bits per heavy atom. The molecule has 3 atom stereocenters. The summed E-state index contributed by atoms with van der Waals surface area (Å²) in [5.74, 6) is 1.13. The number of hydrogen-bond acceptors (Lipinski definition) is 5. The SMILES string of the molecule is Cc1ccc(-c2cnc3c(c2)C(=O)N([C@H](C)CO)C[C@H](C)[C@H](CN(C)CC2CCCC2)O3)cc1. The number of carbonyl (C=O) groups is 1. The number of carbonyl (C=O) groups excluding carboxylic acids is 1. The molecule has 0 bridgehead atoms. The summed E-state index contributed by atoms with van der Waals surface area (Å²) in [4.78, 5) is 22.4. The number of aliphatic hydroxyl groups excluding tert-OH is 1. The zero-order valence-electron chi connectivity index (χ0n) is 21.0. The average Bonchev–Trinajstić information content (AvgIpc) is 3.34. The lowest BCUT2D eigenvalue weighted by atomic mass is 9.98. The van der Waals surface area contributed by atoms with E-state index in [9.17, 15) is 9.90 Å². The summed E-state index contributed by atoms with van der Waals surface area (Å²) >= 11 is 0. The summed E-state index contributed by atoms with van der Waals surface area (Å²) < 4.78 is 6.46. The molecule has 2 aliphatic rings. The third kappa shape index (κ3) is 5.61. The number of hydrogen-bond donors (Lipinski definition) is 1. The van der Waals surface area contributed by atoms with Crippen molar-refractivity contribution in [3.8, 4) is 17.0 Å². The van der Waals surface area contributed by atoms with Crippen LogP contribution in [0.1, 0.15) is 55.5 Å². The molecule has 0 spiro atoms. The van der Waals surface area contributed by atoms with Gasteiger partial charge in [-0.15, -0.1) is 0 Å². The molecule has 6 heteroatoms. The zero-order valence-corrected chi connectivity index (χ0v) is 21.0. The first kappa shape index (κ1) is 24.7. The summed E-state index contributed by atoms with van der Waals surface area (Å²) in [6, 6.07) is 9.82. The fourth-order valence-corrected chi connectivity index (χ4v) is 5.24. The van der Waals surface area contributed by atoms with Gasteiger partial charge in [-0.3, -0.25) is 4.79 Å². The Morgan fingerprint density at radius 1 is 1.18 bits per heavy atom. The van der Waals surface area contributed by atoms with Gasteiger partial charge in [-0.05, 0) is 51.3 Å². The maximum Gasteiger partial charge on any atom is 0.259 e. The Labute approximate surface area is 203 Å². The molecule has 0 unspecified atom stereocenters. The molecule has 2 aromatic rings. The topological polar surface area (TPSA) is 65.9 Å². The Kier molecular flexibility index (Phi) is 7.89. The Bertz CT molecular complexity index is 971. The predicted molar refractivity (Wildman–Crippen MR) is 135 cm³/mol. The molecule has 4 rings (SSSR count). The molecule has 6 nitrogen and oxygen atoms in total. The molecular formula is C28H39N3O3. The zero-order chi connectivity index (χ0) is 24.2. The quantitative estimate of drug-likeness (QED) is 0.657. The molecule has 1 amide bonds. The van der Waals surface area contributed by atoms with Gasteiger partial charge in [0.25, 0.3) is 5.91 Å². The van der Waals surface area contributed by atoms with Crippen molar-refractivity contribution in [2.45, 2.75) is 58.6 Å². The fraction of sp³-hybridized carbons (Fsp3) is 0.571. The van der Waals surface area contributed by atoms with Crippen LogP contribution in [0.25, 0.3) is 11.1 Å². The molecule has 1 fully saturated rings. The highest BCUT2D eigenvalue weighted by Gasteiger charge is 2.34. The average molecular weight is 466 g/mol. The van der Waals surface area contributed by atoms with Crippen LogP contribution in [0.15, 0.2) is 36.5 Å². The highest BCUT2D eigenvalue weighted by molar-refractivity contribution is 5.98. The molecule has 1 aliphatic carbocycles. The summed E-state index contributed by atoms with van der Waals surface area (Å²) in [5, 5.41) is 9.88. The van der Waals surface area contributed by atoms with Gasteiger partial charge in [0.15, 0.2) is 0 Å². The second kappa shape index (κ2) is 10.9. The van der Waals surface area contributed by atoms with E-state index in [-0.39, 0.29) is 30.6 Å². The summed E-state index contributed by atoms with van der Waals surface area (Å²) in [6.45, 7) is 8.40. The van der Waals surface area contributed by atoms with Crippen LogP contribution in [0.2, 0.25) is 0 Å².